The number of carbonyl (C=O) groups excluding carboxylic acids is 1. The first kappa shape index (κ1) is 22.9. The number of carbonyl (C=O) groups is 1. The van der Waals surface area contributed by atoms with Crippen molar-refractivity contribution in [2.24, 2.45) is 0 Å². The van der Waals surface area contributed by atoms with Crippen molar-refractivity contribution in [3.8, 4) is 11.1 Å². The number of aryl methyl sites for hydroxylation is 2. The Balaban J connectivity index is 1.33. The number of urea groups is 1. The Morgan fingerprint density at radius 1 is 0.971 bits per heavy atom. The second kappa shape index (κ2) is 9.77. The van der Waals surface area contributed by atoms with Gasteiger partial charge in [-0.1, -0.05) is 35.5 Å². The minimum absolute atomic E-state index is 0.291. The number of hydrogen-bond acceptors (Lipinski definition) is 6. The van der Waals surface area contributed by atoms with Gasteiger partial charge in [0, 0.05) is 31.0 Å². The largest absolute Gasteiger partial charge is 0.379 e. The molecule has 1 fully saturated rings. The van der Waals surface area contributed by atoms with Crippen LogP contribution in [0.5, 0.6) is 0 Å². The molecule has 0 aliphatic carbocycles. The summed E-state index contributed by atoms with van der Waals surface area (Å²) in [6, 6.07) is 17.4. The van der Waals surface area contributed by atoms with Crippen LogP contribution in [0.2, 0.25) is 0 Å². The summed E-state index contributed by atoms with van der Waals surface area (Å²) in [5, 5.41) is 10.8. The van der Waals surface area contributed by atoms with E-state index in [1.807, 2.05) is 50.2 Å². The van der Waals surface area contributed by atoms with Crippen LogP contribution in [0.4, 0.5) is 22.1 Å². The fourth-order valence-electron chi connectivity index (χ4n) is 4.57. The zero-order chi connectivity index (χ0) is 24.4. The van der Waals surface area contributed by atoms with Crippen molar-refractivity contribution in [1.82, 2.24) is 10.1 Å². The SMILES string of the molecule is Cc1cc(C)cc(NC(=O)Nc2ccc(-c3ccc(CN4CCOCC4)c4noc(N)c34)cc2)c1. The number of rotatable bonds is 5. The number of morpholine rings is 1. The maximum Gasteiger partial charge on any atom is 0.323 e. The third-order valence-corrected chi connectivity index (χ3v) is 6.17. The smallest absolute Gasteiger partial charge is 0.323 e. The van der Waals surface area contributed by atoms with E-state index in [-0.39, 0.29) is 6.03 Å². The molecule has 0 radical (unpaired) electrons. The monoisotopic (exact) mass is 471 g/mol. The highest BCUT2D eigenvalue weighted by Crippen LogP contribution is 2.35. The third kappa shape index (κ3) is 5.13. The van der Waals surface area contributed by atoms with Gasteiger partial charge in [-0.15, -0.1) is 0 Å². The third-order valence-electron chi connectivity index (χ3n) is 6.17. The maximum absolute atomic E-state index is 12.5. The van der Waals surface area contributed by atoms with E-state index in [4.69, 9.17) is 15.0 Å². The summed E-state index contributed by atoms with van der Waals surface area (Å²) in [4.78, 5) is 14.8. The van der Waals surface area contributed by atoms with Crippen molar-refractivity contribution in [2.75, 3.05) is 42.7 Å². The zero-order valence-electron chi connectivity index (χ0n) is 19.9. The standard InChI is InChI=1S/C27H29N5O3/c1-17-13-18(2)15-22(14-17)30-27(33)29-21-6-3-19(4-7-21)23-8-5-20(16-32-9-11-34-12-10-32)25-24(23)26(28)35-31-25/h3-8,13-15H,9-12,16,28H2,1-2H3,(H2,29,30,33). The number of hydrogen-bond donors (Lipinski definition) is 3. The maximum atomic E-state index is 12.5. The molecule has 35 heavy (non-hydrogen) atoms. The van der Waals surface area contributed by atoms with E-state index in [2.05, 4.69) is 38.9 Å². The molecular formula is C27H29N5O3. The van der Waals surface area contributed by atoms with Crippen LogP contribution in [0.25, 0.3) is 22.0 Å². The van der Waals surface area contributed by atoms with E-state index in [1.54, 1.807) is 0 Å². The number of nitrogens with one attached hydrogen (secondary N) is 2. The summed E-state index contributed by atoms with van der Waals surface area (Å²) in [7, 11) is 0. The van der Waals surface area contributed by atoms with Crippen LogP contribution in [-0.2, 0) is 11.3 Å². The first-order valence-corrected chi connectivity index (χ1v) is 11.7. The molecule has 3 aromatic carbocycles. The van der Waals surface area contributed by atoms with E-state index < -0.39 is 0 Å². The van der Waals surface area contributed by atoms with Crippen molar-refractivity contribution in [2.45, 2.75) is 20.4 Å². The minimum atomic E-state index is -0.291. The van der Waals surface area contributed by atoms with Gasteiger partial charge in [-0.3, -0.25) is 4.90 Å². The second-order valence-corrected chi connectivity index (χ2v) is 8.96. The van der Waals surface area contributed by atoms with E-state index in [0.717, 1.165) is 77.3 Å². The average molecular weight is 472 g/mol. The Kier molecular flexibility index (Phi) is 6.39. The molecule has 1 aromatic heterocycles. The van der Waals surface area contributed by atoms with Gasteiger partial charge in [0.15, 0.2) is 0 Å². The summed E-state index contributed by atoms with van der Waals surface area (Å²) in [6.07, 6.45) is 0. The minimum Gasteiger partial charge on any atom is -0.379 e. The number of fused-ring (bicyclic) bond motifs is 1. The van der Waals surface area contributed by atoms with Crippen LogP contribution < -0.4 is 16.4 Å². The molecule has 0 spiro atoms. The van der Waals surface area contributed by atoms with Gasteiger partial charge in [0.2, 0.25) is 5.88 Å². The van der Waals surface area contributed by atoms with Gasteiger partial charge in [0.1, 0.15) is 5.52 Å². The highest BCUT2D eigenvalue weighted by molar-refractivity contribution is 6.03. The molecule has 4 N–H and O–H groups in total. The Bertz CT molecular complexity index is 1340. The molecule has 2 heterocycles. The molecule has 0 atom stereocenters. The summed E-state index contributed by atoms with van der Waals surface area (Å²) >= 11 is 0. The molecule has 0 saturated carbocycles. The van der Waals surface area contributed by atoms with Crippen LogP contribution in [-0.4, -0.2) is 42.4 Å². The quantitative estimate of drug-likeness (QED) is 0.371. The molecule has 0 unspecified atom stereocenters. The molecule has 1 saturated heterocycles. The lowest BCUT2D eigenvalue weighted by atomic mass is 9.98. The molecular weight excluding hydrogens is 442 g/mol. The van der Waals surface area contributed by atoms with Gasteiger partial charge in [0.05, 0.1) is 18.6 Å². The van der Waals surface area contributed by atoms with E-state index in [0.29, 0.717) is 11.6 Å². The Labute approximate surface area is 204 Å². The predicted octanol–water partition coefficient (Wildman–Crippen LogP) is 5.17. The van der Waals surface area contributed by atoms with Crippen LogP contribution in [0, 0.1) is 13.8 Å². The number of nitrogen functional groups attached to an aromatic ring is 1. The summed E-state index contributed by atoms with van der Waals surface area (Å²) < 4.78 is 10.8. The normalized spacial score (nSPS) is 14.2. The molecule has 2 amide bonds. The van der Waals surface area contributed by atoms with Gasteiger partial charge in [-0.25, -0.2) is 4.79 Å². The van der Waals surface area contributed by atoms with Crippen LogP contribution in [0.15, 0.2) is 59.1 Å². The fourth-order valence-corrected chi connectivity index (χ4v) is 4.57. The number of nitrogens with two attached hydrogens (primary N) is 1. The average Bonchev–Trinajstić information content (AvgIpc) is 3.22. The van der Waals surface area contributed by atoms with Gasteiger partial charge in [-0.05, 0) is 65.9 Å². The molecule has 5 rings (SSSR count). The van der Waals surface area contributed by atoms with Gasteiger partial charge < -0.3 is 25.6 Å². The van der Waals surface area contributed by atoms with Gasteiger partial charge in [-0.2, -0.15) is 0 Å². The molecule has 8 heteroatoms. The lowest BCUT2D eigenvalue weighted by Crippen LogP contribution is -2.35. The highest BCUT2D eigenvalue weighted by atomic mass is 16.5. The van der Waals surface area contributed by atoms with Gasteiger partial charge >= 0.3 is 6.03 Å². The Morgan fingerprint density at radius 2 is 1.66 bits per heavy atom. The molecule has 0 bridgehead atoms. The van der Waals surface area contributed by atoms with E-state index >= 15 is 0 Å². The fraction of sp³-hybridized carbons (Fsp3) is 0.259. The molecule has 180 valence electrons. The lowest BCUT2D eigenvalue weighted by molar-refractivity contribution is 0.0343. The molecule has 8 nitrogen and oxygen atoms in total. The second-order valence-electron chi connectivity index (χ2n) is 8.96. The number of ether oxygens (including phenoxy) is 1. The predicted molar refractivity (Wildman–Crippen MR) is 139 cm³/mol. The number of aromatic nitrogens is 1. The van der Waals surface area contributed by atoms with E-state index in [9.17, 15) is 4.79 Å². The number of nitrogens with zero attached hydrogens (tertiary/aromatic N) is 2. The van der Waals surface area contributed by atoms with Crippen LogP contribution in [0.1, 0.15) is 16.7 Å². The summed E-state index contributed by atoms with van der Waals surface area (Å²) in [6.45, 7) is 8.04. The summed E-state index contributed by atoms with van der Waals surface area (Å²) in [5.74, 6) is 0.300. The van der Waals surface area contributed by atoms with Crippen LogP contribution in [0.3, 0.4) is 0 Å². The number of anilines is 3. The molecule has 1 aliphatic rings. The van der Waals surface area contributed by atoms with E-state index in [1.165, 1.54) is 0 Å². The van der Waals surface area contributed by atoms with Crippen molar-refractivity contribution in [1.29, 1.82) is 0 Å². The Hall–Kier alpha value is -3.88. The van der Waals surface area contributed by atoms with Crippen molar-refractivity contribution in [3.05, 3.63) is 71.3 Å². The number of amides is 2. The van der Waals surface area contributed by atoms with Crippen molar-refractivity contribution >= 4 is 34.2 Å². The first-order chi connectivity index (χ1) is 17.0. The Morgan fingerprint density at radius 3 is 2.37 bits per heavy atom. The summed E-state index contributed by atoms with van der Waals surface area (Å²) in [5.41, 5.74) is 13.6. The first-order valence-electron chi connectivity index (χ1n) is 11.7. The molecule has 4 aromatic rings. The van der Waals surface area contributed by atoms with Crippen molar-refractivity contribution in [3.63, 3.8) is 0 Å². The zero-order valence-corrected chi connectivity index (χ0v) is 19.9. The van der Waals surface area contributed by atoms with Crippen molar-refractivity contribution < 1.29 is 14.1 Å². The number of benzene rings is 3. The van der Waals surface area contributed by atoms with Gasteiger partial charge in [0.25, 0.3) is 0 Å². The highest BCUT2D eigenvalue weighted by Gasteiger charge is 2.19. The van der Waals surface area contributed by atoms with Crippen LogP contribution >= 0.6 is 0 Å². The molecule has 1 aliphatic heterocycles. The lowest BCUT2D eigenvalue weighted by Gasteiger charge is -2.26. The topological polar surface area (TPSA) is 106 Å².